The molecule has 4 aromatic rings. The number of halogens is 7. The normalized spacial score (nSPS) is 18.7. The number of amides is 1. The largest absolute Gasteiger partial charge is 0.355 e. The van der Waals surface area contributed by atoms with E-state index in [1.807, 2.05) is 0 Å². The minimum atomic E-state index is -3.29. The molecule has 2 aromatic heterocycles. The molecule has 2 heterocycles. The maximum atomic E-state index is 15.0. The number of carbonyl (C=O) groups is 1. The van der Waals surface area contributed by atoms with Gasteiger partial charge in [0.15, 0.2) is 0 Å². The molecule has 1 saturated carbocycles. The van der Waals surface area contributed by atoms with Gasteiger partial charge in [0.25, 0.3) is 18.3 Å². The molecule has 2 aromatic carbocycles. The Balaban J connectivity index is 1.34. The molecule has 230 valence electrons. The Kier molecular flexibility index (Phi) is 7.64. The second kappa shape index (κ2) is 11.3. The van der Waals surface area contributed by atoms with E-state index in [1.165, 1.54) is 31.7 Å². The van der Waals surface area contributed by atoms with Crippen molar-refractivity contribution < 1.29 is 35.5 Å². The molecule has 2 aliphatic rings. The monoisotopic (exact) mass is 618 g/mol. The summed E-state index contributed by atoms with van der Waals surface area (Å²) < 4.78 is 101. The molecule has 7 nitrogen and oxygen atoms in total. The first-order valence-corrected chi connectivity index (χ1v) is 13.8. The highest BCUT2D eigenvalue weighted by Crippen LogP contribution is 2.68. The predicted molar refractivity (Wildman–Crippen MR) is 144 cm³/mol. The number of carbonyl (C=O) groups excluding carboxylic acids is 1. The van der Waals surface area contributed by atoms with Crippen molar-refractivity contribution >= 4 is 5.91 Å². The number of benzene rings is 2. The van der Waals surface area contributed by atoms with Crippen LogP contribution in [0, 0.1) is 23.4 Å². The van der Waals surface area contributed by atoms with Crippen molar-refractivity contribution in [1.29, 1.82) is 0 Å². The van der Waals surface area contributed by atoms with E-state index < -0.39 is 65.0 Å². The van der Waals surface area contributed by atoms with Gasteiger partial charge in [-0.25, -0.2) is 31.9 Å². The van der Waals surface area contributed by atoms with E-state index in [2.05, 4.69) is 25.7 Å². The molecule has 14 heteroatoms. The lowest BCUT2D eigenvalue weighted by Crippen LogP contribution is -2.30. The lowest BCUT2D eigenvalue weighted by Gasteiger charge is -2.22. The third-order valence-electron chi connectivity index (χ3n) is 8.07. The molecule has 0 spiro atoms. The average Bonchev–Trinajstić information content (AvgIpc) is 3.64. The van der Waals surface area contributed by atoms with Gasteiger partial charge in [0, 0.05) is 42.9 Å². The number of hydrogen-bond acceptors (Lipinski definition) is 5. The highest BCUT2D eigenvalue weighted by Gasteiger charge is 2.67. The summed E-state index contributed by atoms with van der Waals surface area (Å²) in [6.45, 7) is -0.281. The number of nitrogens with zero attached hydrogens (tertiary/aromatic N) is 4. The van der Waals surface area contributed by atoms with E-state index in [0.717, 1.165) is 22.9 Å². The lowest BCUT2D eigenvalue weighted by molar-refractivity contribution is -0.0310. The number of rotatable bonds is 10. The Morgan fingerprint density at radius 1 is 1.09 bits per heavy atom. The van der Waals surface area contributed by atoms with Crippen LogP contribution < -0.4 is 10.6 Å². The molecule has 2 unspecified atom stereocenters. The van der Waals surface area contributed by atoms with Gasteiger partial charge in [0.1, 0.15) is 35.2 Å². The maximum Gasteiger partial charge on any atom is 0.293 e. The lowest BCUT2D eigenvalue weighted by atomic mass is 9.95. The third kappa shape index (κ3) is 5.31. The average molecular weight is 619 g/mol. The summed E-state index contributed by atoms with van der Waals surface area (Å²) in [5.74, 6) is -8.01. The topological polar surface area (TPSA) is 84.7 Å². The highest BCUT2D eigenvalue weighted by atomic mass is 19.3. The van der Waals surface area contributed by atoms with Crippen LogP contribution in [0.2, 0.25) is 0 Å². The van der Waals surface area contributed by atoms with Gasteiger partial charge in [-0.3, -0.25) is 9.48 Å². The number of fused-ring (bicyclic) bond motifs is 3. The van der Waals surface area contributed by atoms with E-state index in [-0.39, 0.29) is 42.6 Å². The Hall–Kier alpha value is -4.33. The second-order valence-electron chi connectivity index (χ2n) is 10.8. The summed E-state index contributed by atoms with van der Waals surface area (Å²) in [5, 5.41) is 9.34. The first kappa shape index (κ1) is 29.7. The van der Waals surface area contributed by atoms with Crippen LogP contribution >= 0.6 is 0 Å². The number of alkyl halides is 4. The Labute approximate surface area is 246 Å². The number of hydrogen-bond donors (Lipinski definition) is 2. The summed E-state index contributed by atoms with van der Waals surface area (Å²) in [7, 11) is 1.35. The van der Waals surface area contributed by atoms with Crippen LogP contribution in [0.15, 0.2) is 48.9 Å². The smallest absolute Gasteiger partial charge is 0.293 e. The SMILES string of the molecule is CNC(=O)c1cc(-c2cncnc2[C@H](Cc2cc(F)cc(F)c2)NCCn2nc(C(F)F)c3c2C(F)(F)C2CC32)ccc1F. The summed E-state index contributed by atoms with van der Waals surface area (Å²) >= 11 is 0. The van der Waals surface area contributed by atoms with Crippen molar-refractivity contribution in [2.45, 2.75) is 43.7 Å². The van der Waals surface area contributed by atoms with Crippen molar-refractivity contribution in [3.8, 4) is 11.1 Å². The zero-order chi connectivity index (χ0) is 31.3. The van der Waals surface area contributed by atoms with E-state index in [1.54, 1.807) is 0 Å². The van der Waals surface area contributed by atoms with Crippen molar-refractivity contribution in [3.63, 3.8) is 0 Å². The molecule has 1 fully saturated rings. The molecule has 0 aliphatic heterocycles. The molecular formula is C30H25F7N6O. The Morgan fingerprint density at radius 2 is 1.84 bits per heavy atom. The number of nitrogens with one attached hydrogen (secondary N) is 2. The standard InChI is InChI=1S/C30H25F7N6O/c1-38-29(44)19-9-15(2-3-22(19)33)20-12-39-13-41-25(20)23(8-14-6-16(31)10-17(32)7-14)40-4-5-43-27-24(26(42-43)28(34)35)18-11-21(18)30(27,36)37/h2-3,6-7,9-10,12-13,18,21,23,28,40H,4-5,8,11H2,1H3,(H,38,44)/t18?,21?,23-/m0/s1. The molecule has 0 saturated heterocycles. The molecule has 44 heavy (non-hydrogen) atoms. The fraction of sp³-hybridized carbons (Fsp3) is 0.333. The van der Waals surface area contributed by atoms with Crippen LogP contribution in [0.5, 0.6) is 0 Å². The quantitative estimate of drug-likeness (QED) is 0.219. The summed E-state index contributed by atoms with van der Waals surface area (Å²) in [6.07, 6.45) is -0.265. The Bertz CT molecular complexity index is 1720. The molecular weight excluding hydrogens is 593 g/mol. The van der Waals surface area contributed by atoms with Crippen molar-refractivity contribution in [3.05, 3.63) is 100 Å². The summed E-state index contributed by atoms with van der Waals surface area (Å²) in [4.78, 5) is 20.7. The first-order chi connectivity index (χ1) is 21.0. The van der Waals surface area contributed by atoms with Gasteiger partial charge in [0.2, 0.25) is 0 Å². The van der Waals surface area contributed by atoms with Crippen molar-refractivity contribution in [2.24, 2.45) is 5.92 Å². The second-order valence-corrected chi connectivity index (χ2v) is 10.8. The Morgan fingerprint density at radius 3 is 2.55 bits per heavy atom. The van der Waals surface area contributed by atoms with Gasteiger partial charge in [-0.1, -0.05) is 6.07 Å². The minimum absolute atomic E-state index is 0.0397. The van der Waals surface area contributed by atoms with Crippen LogP contribution in [-0.2, 0) is 18.9 Å². The first-order valence-electron chi connectivity index (χ1n) is 13.8. The highest BCUT2D eigenvalue weighted by molar-refractivity contribution is 5.95. The molecule has 2 N–H and O–H groups in total. The molecule has 0 radical (unpaired) electrons. The summed E-state index contributed by atoms with van der Waals surface area (Å²) in [5.41, 5.74) is -0.207. The van der Waals surface area contributed by atoms with E-state index in [4.69, 9.17) is 0 Å². The number of aromatic nitrogens is 4. The fourth-order valence-corrected chi connectivity index (χ4v) is 6.04. The van der Waals surface area contributed by atoms with Gasteiger partial charge in [-0.2, -0.15) is 13.9 Å². The van der Waals surface area contributed by atoms with Gasteiger partial charge >= 0.3 is 0 Å². The molecule has 3 atom stereocenters. The van der Waals surface area contributed by atoms with Crippen LogP contribution in [0.4, 0.5) is 30.7 Å². The predicted octanol–water partition coefficient (Wildman–Crippen LogP) is 5.84. The molecule has 0 bridgehead atoms. The van der Waals surface area contributed by atoms with Gasteiger partial charge < -0.3 is 10.6 Å². The minimum Gasteiger partial charge on any atom is -0.355 e. The van der Waals surface area contributed by atoms with Crippen LogP contribution in [0.3, 0.4) is 0 Å². The van der Waals surface area contributed by atoms with Gasteiger partial charge in [-0.05, 0) is 54.2 Å². The third-order valence-corrected chi connectivity index (χ3v) is 8.07. The molecule has 1 amide bonds. The van der Waals surface area contributed by atoms with Crippen LogP contribution in [0.1, 0.15) is 63.4 Å². The zero-order valence-corrected chi connectivity index (χ0v) is 23.1. The molecule has 2 aliphatic carbocycles. The van der Waals surface area contributed by atoms with Crippen molar-refractivity contribution in [2.75, 3.05) is 13.6 Å². The molecule has 6 rings (SSSR count). The van der Waals surface area contributed by atoms with E-state index in [0.29, 0.717) is 22.9 Å². The zero-order valence-electron chi connectivity index (χ0n) is 23.1. The summed E-state index contributed by atoms with van der Waals surface area (Å²) in [6, 6.07) is 5.96. The maximum absolute atomic E-state index is 15.0. The van der Waals surface area contributed by atoms with Gasteiger partial charge in [-0.15, -0.1) is 0 Å². The van der Waals surface area contributed by atoms with Crippen LogP contribution in [-0.4, -0.2) is 39.2 Å². The fourth-order valence-electron chi connectivity index (χ4n) is 6.04. The van der Waals surface area contributed by atoms with E-state index in [9.17, 15) is 26.7 Å². The van der Waals surface area contributed by atoms with Gasteiger partial charge in [0.05, 0.1) is 23.8 Å². The van der Waals surface area contributed by atoms with Crippen LogP contribution in [0.25, 0.3) is 11.1 Å². The van der Waals surface area contributed by atoms with Crippen molar-refractivity contribution in [1.82, 2.24) is 30.4 Å². The van der Waals surface area contributed by atoms with E-state index >= 15 is 8.78 Å².